The summed E-state index contributed by atoms with van der Waals surface area (Å²) in [5.41, 5.74) is 2.59. The molecule has 3 nitrogen and oxygen atoms in total. The first-order valence-electron chi connectivity index (χ1n) is 6.05. The maximum Gasteiger partial charge on any atom is 0.255 e. The van der Waals surface area contributed by atoms with Gasteiger partial charge in [0.2, 0.25) is 0 Å². The molecule has 0 saturated carbocycles. The van der Waals surface area contributed by atoms with E-state index in [9.17, 15) is 4.79 Å². The molecule has 0 fully saturated rings. The zero-order chi connectivity index (χ0) is 13.2. The zero-order valence-corrected chi connectivity index (χ0v) is 11.7. The van der Waals surface area contributed by atoms with Crippen molar-refractivity contribution in [2.45, 2.75) is 6.42 Å². The fourth-order valence-electron chi connectivity index (χ4n) is 2.07. The van der Waals surface area contributed by atoms with Gasteiger partial charge in [0.05, 0.1) is 6.61 Å². The summed E-state index contributed by atoms with van der Waals surface area (Å²) in [5.74, 6) is 0.813. The molecule has 0 radical (unpaired) electrons. The molecule has 2 aromatic carbocycles. The Morgan fingerprint density at radius 3 is 2.74 bits per heavy atom. The molecule has 1 aliphatic rings. The quantitative estimate of drug-likeness (QED) is 0.918. The molecule has 0 aliphatic carbocycles. The van der Waals surface area contributed by atoms with Crippen LogP contribution >= 0.6 is 15.9 Å². The first-order chi connectivity index (χ1) is 9.22. The number of amides is 1. The van der Waals surface area contributed by atoms with Gasteiger partial charge in [-0.2, -0.15) is 0 Å². The van der Waals surface area contributed by atoms with Crippen LogP contribution in [0.4, 0.5) is 5.69 Å². The van der Waals surface area contributed by atoms with E-state index < -0.39 is 0 Å². The van der Waals surface area contributed by atoms with Crippen LogP contribution in [0.2, 0.25) is 0 Å². The summed E-state index contributed by atoms with van der Waals surface area (Å²) in [6.07, 6.45) is 0.900. The minimum atomic E-state index is -0.105. The van der Waals surface area contributed by atoms with E-state index in [4.69, 9.17) is 4.74 Å². The van der Waals surface area contributed by atoms with Gasteiger partial charge in [0.15, 0.2) is 0 Å². The molecule has 2 aromatic rings. The summed E-state index contributed by atoms with van der Waals surface area (Å²) in [6, 6.07) is 13.0. The molecule has 1 amide bonds. The van der Waals surface area contributed by atoms with Crippen LogP contribution in [-0.4, -0.2) is 12.5 Å². The second kappa shape index (κ2) is 5.05. The minimum Gasteiger partial charge on any atom is -0.493 e. The van der Waals surface area contributed by atoms with Crippen molar-refractivity contribution >= 4 is 27.5 Å². The molecule has 0 aromatic heterocycles. The Balaban J connectivity index is 1.77. The molecule has 1 aliphatic heterocycles. The summed E-state index contributed by atoms with van der Waals surface area (Å²) in [4.78, 5) is 12.1. The van der Waals surface area contributed by atoms with Crippen molar-refractivity contribution in [3.05, 3.63) is 58.1 Å². The lowest BCUT2D eigenvalue weighted by Crippen LogP contribution is -2.11. The number of rotatable bonds is 2. The van der Waals surface area contributed by atoms with Crippen molar-refractivity contribution in [1.29, 1.82) is 0 Å². The summed E-state index contributed by atoms with van der Waals surface area (Å²) in [5, 5.41) is 2.90. The molecule has 0 bridgehead atoms. The van der Waals surface area contributed by atoms with Crippen molar-refractivity contribution in [1.82, 2.24) is 0 Å². The Morgan fingerprint density at radius 1 is 1.16 bits per heavy atom. The summed E-state index contributed by atoms with van der Waals surface area (Å²) in [6.45, 7) is 0.722. The van der Waals surface area contributed by atoms with Gasteiger partial charge >= 0.3 is 0 Å². The molecule has 4 heteroatoms. The van der Waals surface area contributed by atoms with Crippen molar-refractivity contribution in [2.75, 3.05) is 11.9 Å². The van der Waals surface area contributed by atoms with Crippen molar-refractivity contribution in [3.8, 4) is 5.75 Å². The molecule has 0 saturated heterocycles. The second-order valence-electron chi connectivity index (χ2n) is 4.38. The number of halogens is 1. The third-order valence-corrected chi connectivity index (χ3v) is 3.58. The van der Waals surface area contributed by atoms with Gasteiger partial charge in [-0.3, -0.25) is 4.79 Å². The van der Waals surface area contributed by atoms with Crippen LogP contribution in [0.1, 0.15) is 15.9 Å². The van der Waals surface area contributed by atoms with Crippen LogP contribution < -0.4 is 10.1 Å². The van der Waals surface area contributed by atoms with Crippen molar-refractivity contribution in [3.63, 3.8) is 0 Å². The van der Waals surface area contributed by atoms with Crippen LogP contribution in [-0.2, 0) is 6.42 Å². The van der Waals surface area contributed by atoms with Crippen molar-refractivity contribution < 1.29 is 9.53 Å². The van der Waals surface area contributed by atoms with Gasteiger partial charge in [-0.25, -0.2) is 0 Å². The fraction of sp³-hybridized carbons (Fsp3) is 0.133. The topological polar surface area (TPSA) is 38.3 Å². The molecular weight excluding hydrogens is 306 g/mol. The number of ether oxygens (including phenoxy) is 1. The minimum absolute atomic E-state index is 0.105. The third-order valence-electron chi connectivity index (χ3n) is 3.05. The highest BCUT2D eigenvalue weighted by atomic mass is 79.9. The number of nitrogens with one attached hydrogen (secondary N) is 1. The lowest BCUT2D eigenvalue weighted by Gasteiger charge is -2.07. The summed E-state index contributed by atoms with van der Waals surface area (Å²) >= 11 is 3.35. The summed E-state index contributed by atoms with van der Waals surface area (Å²) in [7, 11) is 0. The van der Waals surface area contributed by atoms with Gasteiger partial charge in [0, 0.05) is 22.1 Å². The zero-order valence-electron chi connectivity index (χ0n) is 10.2. The number of anilines is 1. The van der Waals surface area contributed by atoms with Gasteiger partial charge in [-0.15, -0.1) is 0 Å². The van der Waals surface area contributed by atoms with Gasteiger partial charge in [-0.05, 0) is 48.0 Å². The van der Waals surface area contributed by atoms with Crippen LogP contribution in [0, 0.1) is 0 Å². The smallest absolute Gasteiger partial charge is 0.255 e. The van der Waals surface area contributed by atoms with Crippen LogP contribution in [0.15, 0.2) is 46.9 Å². The van der Waals surface area contributed by atoms with Crippen LogP contribution in [0.3, 0.4) is 0 Å². The molecule has 96 valence electrons. The molecule has 19 heavy (non-hydrogen) atoms. The Kier molecular flexibility index (Phi) is 3.25. The van der Waals surface area contributed by atoms with Gasteiger partial charge in [0.1, 0.15) is 5.75 Å². The molecule has 0 atom stereocenters. The highest BCUT2D eigenvalue weighted by Crippen LogP contribution is 2.28. The number of fused-ring (bicyclic) bond motifs is 1. The lowest BCUT2D eigenvalue weighted by molar-refractivity contribution is 0.102. The molecule has 0 spiro atoms. The average Bonchev–Trinajstić information content (AvgIpc) is 2.87. The predicted molar refractivity (Wildman–Crippen MR) is 77.7 cm³/mol. The standard InChI is InChI=1S/C15H12BrNO2/c16-12-3-1-10(2-4-12)15(18)17-13-5-6-14-11(9-13)7-8-19-14/h1-6,9H,7-8H2,(H,17,18). The first kappa shape index (κ1) is 12.2. The SMILES string of the molecule is O=C(Nc1ccc2c(c1)CCO2)c1ccc(Br)cc1. The lowest BCUT2D eigenvalue weighted by atomic mass is 10.1. The van der Waals surface area contributed by atoms with E-state index in [1.165, 1.54) is 0 Å². The van der Waals surface area contributed by atoms with E-state index in [0.717, 1.165) is 34.5 Å². The van der Waals surface area contributed by atoms with E-state index in [2.05, 4.69) is 21.2 Å². The average molecular weight is 318 g/mol. The maximum absolute atomic E-state index is 12.1. The van der Waals surface area contributed by atoms with Gasteiger partial charge in [0.25, 0.3) is 5.91 Å². The molecule has 3 rings (SSSR count). The summed E-state index contributed by atoms with van der Waals surface area (Å²) < 4.78 is 6.40. The fourth-order valence-corrected chi connectivity index (χ4v) is 2.33. The molecule has 1 N–H and O–H groups in total. The molecule has 0 unspecified atom stereocenters. The Labute approximate surface area is 119 Å². The number of carbonyl (C=O) groups is 1. The Hall–Kier alpha value is -1.81. The number of hydrogen-bond donors (Lipinski definition) is 1. The normalized spacial score (nSPS) is 12.7. The Bertz CT molecular complexity index is 623. The van der Waals surface area contributed by atoms with E-state index in [1.807, 2.05) is 30.3 Å². The second-order valence-corrected chi connectivity index (χ2v) is 5.30. The highest BCUT2D eigenvalue weighted by molar-refractivity contribution is 9.10. The monoisotopic (exact) mass is 317 g/mol. The number of carbonyl (C=O) groups excluding carboxylic acids is 1. The first-order valence-corrected chi connectivity index (χ1v) is 6.84. The van der Waals surface area contributed by atoms with E-state index in [1.54, 1.807) is 12.1 Å². The Morgan fingerprint density at radius 2 is 1.95 bits per heavy atom. The van der Waals surface area contributed by atoms with E-state index >= 15 is 0 Å². The van der Waals surface area contributed by atoms with E-state index in [0.29, 0.717) is 5.56 Å². The number of hydrogen-bond acceptors (Lipinski definition) is 2. The van der Waals surface area contributed by atoms with E-state index in [-0.39, 0.29) is 5.91 Å². The number of benzene rings is 2. The van der Waals surface area contributed by atoms with Gasteiger partial charge < -0.3 is 10.1 Å². The van der Waals surface area contributed by atoms with Crippen LogP contribution in [0.5, 0.6) is 5.75 Å². The molecule has 1 heterocycles. The van der Waals surface area contributed by atoms with Crippen LogP contribution in [0.25, 0.3) is 0 Å². The maximum atomic E-state index is 12.1. The highest BCUT2D eigenvalue weighted by Gasteiger charge is 2.13. The third kappa shape index (κ3) is 2.63. The van der Waals surface area contributed by atoms with Gasteiger partial charge in [-0.1, -0.05) is 15.9 Å². The predicted octanol–water partition coefficient (Wildman–Crippen LogP) is 3.64. The van der Waals surface area contributed by atoms with Crippen molar-refractivity contribution in [2.24, 2.45) is 0 Å². The largest absolute Gasteiger partial charge is 0.493 e. The molecular formula is C15H12BrNO2.